The first-order valence-electron chi connectivity index (χ1n) is 6.17. The molecule has 0 aliphatic carbocycles. The lowest BCUT2D eigenvalue weighted by Crippen LogP contribution is -2.45. The van der Waals surface area contributed by atoms with Gasteiger partial charge in [-0.05, 0) is 11.6 Å². The zero-order valence-electron chi connectivity index (χ0n) is 10.6. The van der Waals surface area contributed by atoms with Crippen LogP contribution in [0.25, 0.3) is 0 Å². The highest BCUT2D eigenvalue weighted by Gasteiger charge is 2.38. The number of aliphatic hydroxyl groups excluding tert-OH is 1. The van der Waals surface area contributed by atoms with Crippen LogP contribution in [0.3, 0.4) is 0 Å². The lowest BCUT2D eigenvalue weighted by Gasteiger charge is -2.21. The van der Waals surface area contributed by atoms with E-state index in [1.807, 2.05) is 24.3 Å². The van der Waals surface area contributed by atoms with Crippen LogP contribution in [0.2, 0.25) is 0 Å². The molecule has 7 heteroatoms. The number of likely N-dealkylation sites (tertiary alicyclic amines) is 1. The van der Waals surface area contributed by atoms with Gasteiger partial charge in [-0.25, -0.2) is 9.59 Å². The van der Waals surface area contributed by atoms with E-state index in [4.69, 9.17) is 5.11 Å². The fraction of sp³-hybridized carbons (Fsp3) is 0.385. The highest BCUT2D eigenvalue weighted by atomic mass is 79.9. The molecule has 6 nitrogen and oxygen atoms in total. The van der Waals surface area contributed by atoms with Gasteiger partial charge in [0.2, 0.25) is 0 Å². The van der Waals surface area contributed by atoms with Crippen molar-refractivity contribution in [2.24, 2.45) is 0 Å². The number of rotatable bonds is 3. The van der Waals surface area contributed by atoms with E-state index in [1.54, 1.807) is 0 Å². The molecule has 2 amide bonds. The summed E-state index contributed by atoms with van der Waals surface area (Å²) in [5.74, 6) is -1.10. The molecule has 0 bridgehead atoms. The van der Waals surface area contributed by atoms with Crippen molar-refractivity contribution in [3.05, 3.63) is 34.3 Å². The quantitative estimate of drug-likeness (QED) is 0.769. The van der Waals surface area contributed by atoms with E-state index in [0.717, 1.165) is 14.9 Å². The smallest absolute Gasteiger partial charge is 0.326 e. The molecule has 3 N–H and O–H groups in total. The topological polar surface area (TPSA) is 89.9 Å². The number of hydrogen-bond donors (Lipinski definition) is 3. The second-order valence-corrected chi connectivity index (χ2v) is 5.50. The SMILES string of the molecule is O=C(O)[C@H]1C[C@@H](O)CN1C(=O)NCc1ccccc1Br. The summed E-state index contributed by atoms with van der Waals surface area (Å²) in [5, 5.41) is 21.2. The Hall–Kier alpha value is -1.60. The number of aliphatic carboxylic acids is 1. The molecule has 1 saturated heterocycles. The van der Waals surface area contributed by atoms with Gasteiger partial charge in [-0.2, -0.15) is 0 Å². The molecule has 0 radical (unpaired) electrons. The Morgan fingerprint density at radius 1 is 1.40 bits per heavy atom. The minimum Gasteiger partial charge on any atom is -0.480 e. The third-order valence-electron chi connectivity index (χ3n) is 3.21. The molecule has 1 fully saturated rings. The fourth-order valence-electron chi connectivity index (χ4n) is 2.19. The second-order valence-electron chi connectivity index (χ2n) is 4.65. The maximum atomic E-state index is 12.0. The number of β-amino-alcohol motifs (C(OH)–C–C–N with tert-alkyl or cyclic N) is 1. The van der Waals surface area contributed by atoms with Crippen molar-refractivity contribution in [2.75, 3.05) is 6.54 Å². The Morgan fingerprint density at radius 2 is 2.10 bits per heavy atom. The Morgan fingerprint density at radius 3 is 2.75 bits per heavy atom. The predicted octanol–water partition coefficient (Wildman–Crippen LogP) is 1.18. The molecule has 0 unspecified atom stereocenters. The van der Waals surface area contributed by atoms with Crippen molar-refractivity contribution in [2.45, 2.75) is 25.1 Å². The number of halogens is 1. The Bertz CT molecular complexity index is 523. The highest BCUT2D eigenvalue weighted by molar-refractivity contribution is 9.10. The van der Waals surface area contributed by atoms with Gasteiger partial charge >= 0.3 is 12.0 Å². The van der Waals surface area contributed by atoms with Crippen LogP contribution in [-0.2, 0) is 11.3 Å². The maximum absolute atomic E-state index is 12.0. The molecule has 20 heavy (non-hydrogen) atoms. The number of carbonyl (C=O) groups excluding carboxylic acids is 1. The summed E-state index contributed by atoms with van der Waals surface area (Å²) >= 11 is 3.38. The monoisotopic (exact) mass is 342 g/mol. The molecule has 1 aliphatic heterocycles. The lowest BCUT2D eigenvalue weighted by atomic mass is 10.2. The van der Waals surface area contributed by atoms with Gasteiger partial charge < -0.3 is 20.4 Å². The first-order valence-corrected chi connectivity index (χ1v) is 6.97. The van der Waals surface area contributed by atoms with E-state index in [-0.39, 0.29) is 13.0 Å². The minimum atomic E-state index is -1.10. The normalized spacial score (nSPS) is 21.8. The van der Waals surface area contributed by atoms with Crippen LogP contribution >= 0.6 is 15.9 Å². The highest BCUT2D eigenvalue weighted by Crippen LogP contribution is 2.19. The zero-order valence-corrected chi connectivity index (χ0v) is 12.2. The van der Waals surface area contributed by atoms with Crippen LogP contribution in [0, 0.1) is 0 Å². The average molecular weight is 343 g/mol. The van der Waals surface area contributed by atoms with Crippen LogP contribution in [0.4, 0.5) is 4.79 Å². The molecule has 0 aromatic heterocycles. The number of carboxylic acids is 1. The summed E-state index contributed by atoms with van der Waals surface area (Å²) < 4.78 is 0.872. The number of carboxylic acid groups (broad SMARTS) is 1. The van der Waals surface area contributed by atoms with Gasteiger partial charge in [0, 0.05) is 24.0 Å². The van der Waals surface area contributed by atoms with Crippen molar-refractivity contribution in [3.63, 3.8) is 0 Å². The Labute approximate surface area is 124 Å². The van der Waals surface area contributed by atoms with Crippen molar-refractivity contribution in [1.82, 2.24) is 10.2 Å². The van der Waals surface area contributed by atoms with E-state index in [1.165, 1.54) is 0 Å². The fourth-order valence-corrected chi connectivity index (χ4v) is 2.61. The van der Waals surface area contributed by atoms with Crippen LogP contribution in [-0.4, -0.2) is 45.8 Å². The Kier molecular flexibility index (Phi) is 4.61. The van der Waals surface area contributed by atoms with E-state index < -0.39 is 24.1 Å². The maximum Gasteiger partial charge on any atom is 0.326 e. The third-order valence-corrected chi connectivity index (χ3v) is 3.99. The van der Waals surface area contributed by atoms with Crippen LogP contribution in [0.1, 0.15) is 12.0 Å². The molecule has 1 aromatic carbocycles. The number of nitrogens with one attached hydrogen (secondary N) is 1. The number of aliphatic hydroxyl groups is 1. The standard InChI is InChI=1S/C13H15BrN2O4/c14-10-4-2-1-3-8(10)6-15-13(20)16-7-9(17)5-11(16)12(18)19/h1-4,9,11,17H,5-7H2,(H,15,20)(H,18,19)/t9-,11-/m1/s1. The predicted molar refractivity (Wildman–Crippen MR) is 75.1 cm³/mol. The molecular formula is C13H15BrN2O4. The van der Waals surface area contributed by atoms with Crippen LogP contribution < -0.4 is 5.32 Å². The number of carbonyl (C=O) groups is 2. The van der Waals surface area contributed by atoms with Crippen molar-refractivity contribution in [1.29, 1.82) is 0 Å². The molecule has 0 spiro atoms. The molecule has 2 atom stereocenters. The number of amides is 2. The van der Waals surface area contributed by atoms with Gasteiger partial charge in [-0.3, -0.25) is 0 Å². The molecule has 108 valence electrons. The minimum absolute atomic E-state index is 0.0404. The van der Waals surface area contributed by atoms with E-state index in [9.17, 15) is 14.7 Å². The third kappa shape index (κ3) is 3.29. The number of nitrogens with zero attached hydrogens (tertiary/aromatic N) is 1. The molecule has 1 aromatic rings. The van der Waals surface area contributed by atoms with Crippen LogP contribution in [0.5, 0.6) is 0 Å². The summed E-state index contributed by atoms with van der Waals surface area (Å²) in [6, 6.07) is 5.99. The van der Waals surface area contributed by atoms with Gasteiger partial charge in [0.05, 0.1) is 6.10 Å². The van der Waals surface area contributed by atoms with E-state index in [0.29, 0.717) is 6.54 Å². The largest absolute Gasteiger partial charge is 0.480 e. The van der Waals surface area contributed by atoms with Gasteiger partial charge in [-0.1, -0.05) is 34.1 Å². The van der Waals surface area contributed by atoms with Crippen molar-refractivity contribution in [3.8, 4) is 0 Å². The number of hydrogen-bond acceptors (Lipinski definition) is 3. The molecule has 0 saturated carbocycles. The summed E-state index contributed by atoms with van der Waals surface area (Å²) in [6.45, 7) is 0.331. The summed E-state index contributed by atoms with van der Waals surface area (Å²) in [5.41, 5.74) is 0.896. The van der Waals surface area contributed by atoms with Crippen molar-refractivity contribution < 1.29 is 19.8 Å². The Balaban J connectivity index is 1.98. The molecule has 1 heterocycles. The zero-order chi connectivity index (χ0) is 14.7. The first-order chi connectivity index (χ1) is 9.49. The van der Waals surface area contributed by atoms with Gasteiger partial charge in [0.15, 0.2) is 0 Å². The molecular weight excluding hydrogens is 328 g/mol. The summed E-state index contributed by atoms with van der Waals surface area (Å²) in [6.07, 6.45) is -0.720. The van der Waals surface area contributed by atoms with E-state index in [2.05, 4.69) is 21.2 Å². The second kappa shape index (κ2) is 6.23. The van der Waals surface area contributed by atoms with Gasteiger partial charge in [-0.15, -0.1) is 0 Å². The lowest BCUT2D eigenvalue weighted by molar-refractivity contribution is -0.141. The average Bonchev–Trinajstić information content (AvgIpc) is 2.80. The molecule has 1 aliphatic rings. The van der Waals surface area contributed by atoms with E-state index >= 15 is 0 Å². The van der Waals surface area contributed by atoms with Crippen LogP contribution in [0.15, 0.2) is 28.7 Å². The summed E-state index contributed by atoms with van der Waals surface area (Å²) in [7, 11) is 0. The molecule has 2 rings (SSSR count). The number of urea groups is 1. The van der Waals surface area contributed by atoms with Gasteiger partial charge in [0.1, 0.15) is 6.04 Å². The number of benzene rings is 1. The first kappa shape index (κ1) is 14.8. The van der Waals surface area contributed by atoms with Gasteiger partial charge in [0.25, 0.3) is 0 Å². The van der Waals surface area contributed by atoms with Crippen molar-refractivity contribution >= 4 is 27.9 Å². The summed E-state index contributed by atoms with van der Waals surface area (Å²) in [4.78, 5) is 24.2.